The normalized spacial score (nSPS) is 11.5. The van der Waals surface area contributed by atoms with E-state index in [4.69, 9.17) is 9.47 Å². The summed E-state index contributed by atoms with van der Waals surface area (Å²) in [6.45, 7) is 3.13. The Morgan fingerprint density at radius 2 is 1.45 bits per heavy atom. The molecular formula is C24H26N2O3. The van der Waals surface area contributed by atoms with Crippen LogP contribution in [-0.4, -0.2) is 25.7 Å². The van der Waals surface area contributed by atoms with Gasteiger partial charge in [-0.15, -0.1) is 0 Å². The van der Waals surface area contributed by atoms with E-state index in [0.29, 0.717) is 24.7 Å². The molecule has 1 unspecified atom stereocenters. The van der Waals surface area contributed by atoms with Gasteiger partial charge in [-0.05, 0) is 36.8 Å². The standard InChI is InChI=1S/C24H26N2O3/c1-19(20-9-4-2-5-10-20)25-18-24(27)26-21-11-8-14-23(17-21)29-16-15-28-22-12-6-3-7-13-22/h2-14,17,19,25H,15-16,18H2,1H3,(H,26,27). The number of benzene rings is 3. The number of anilines is 1. The molecule has 0 aliphatic rings. The number of ether oxygens (including phenoxy) is 2. The summed E-state index contributed by atoms with van der Waals surface area (Å²) in [7, 11) is 0. The Labute approximate surface area is 171 Å². The van der Waals surface area contributed by atoms with Gasteiger partial charge in [-0.2, -0.15) is 0 Å². The van der Waals surface area contributed by atoms with Gasteiger partial charge in [0, 0.05) is 17.8 Å². The highest BCUT2D eigenvalue weighted by atomic mass is 16.5. The molecule has 29 heavy (non-hydrogen) atoms. The molecule has 5 nitrogen and oxygen atoms in total. The maximum absolute atomic E-state index is 12.2. The van der Waals surface area contributed by atoms with Crippen LogP contribution in [0, 0.1) is 0 Å². The van der Waals surface area contributed by atoms with Crippen molar-refractivity contribution in [2.75, 3.05) is 25.1 Å². The van der Waals surface area contributed by atoms with Crippen LogP contribution in [0.4, 0.5) is 5.69 Å². The lowest BCUT2D eigenvalue weighted by Gasteiger charge is -2.14. The Morgan fingerprint density at radius 3 is 2.17 bits per heavy atom. The summed E-state index contributed by atoms with van der Waals surface area (Å²) in [6.07, 6.45) is 0. The van der Waals surface area contributed by atoms with E-state index in [0.717, 1.165) is 11.3 Å². The smallest absolute Gasteiger partial charge is 0.238 e. The number of carbonyl (C=O) groups is 1. The van der Waals surface area contributed by atoms with Crippen molar-refractivity contribution < 1.29 is 14.3 Å². The molecule has 0 fully saturated rings. The van der Waals surface area contributed by atoms with Crippen molar-refractivity contribution in [2.45, 2.75) is 13.0 Å². The first-order valence-corrected chi connectivity index (χ1v) is 9.69. The molecule has 3 aromatic rings. The van der Waals surface area contributed by atoms with Gasteiger partial charge in [0.05, 0.1) is 6.54 Å². The largest absolute Gasteiger partial charge is 0.490 e. The zero-order chi connectivity index (χ0) is 20.3. The number of carbonyl (C=O) groups excluding carboxylic acids is 1. The second kappa shape index (κ2) is 10.9. The second-order valence-corrected chi connectivity index (χ2v) is 6.60. The van der Waals surface area contributed by atoms with Crippen molar-refractivity contribution in [2.24, 2.45) is 0 Å². The Balaban J connectivity index is 1.41. The van der Waals surface area contributed by atoms with Crippen molar-refractivity contribution in [3.8, 4) is 11.5 Å². The molecule has 3 aromatic carbocycles. The number of nitrogens with one attached hydrogen (secondary N) is 2. The Morgan fingerprint density at radius 1 is 0.828 bits per heavy atom. The molecule has 150 valence electrons. The van der Waals surface area contributed by atoms with Crippen LogP contribution >= 0.6 is 0 Å². The van der Waals surface area contributed by atoms with Gasteiger partial charge < -0.3 is 20.1 Å². The molecule has 0 aliphatic carbocycles. The predicted octanol–water partition coefficient (Wildman–Crippen LogP) is 4.43. The lowest BCUT2D eigenvalue weighted by molar-refractivity contribution is -0.115. The topological polar surface area (TPSA) is 59.6 Å². The van der Waals surface area contributed by atoms with E-state index in [2.05, 4.69) is 10.6 Å². The number of para-hydroxylation sites is 1. The first-order chi connectivity index (χ1) is 14.2. The zero-order valence-corrected chi connectivity index (χ0v) is 16.5. The van der Waals surface area contributed by atoms with E-state index in [1.54, 1.807) is 6.07 Å². The van der Waals surface area contributed by atoms with Crippen LogP contribution in [0.3, 0.4) is 0 Å². The molecule has 0 saturated heterocycles. The predicted molar refractivity (Wildman–Crippen MR) is 115 cm³/mol. The number of hydrogen-bond donors (Lipinski definition) is 2. The van der Waals surface area contributed by atoms with Crippen LogP contribution in [0.15, 0.2) is 84.9 Å². The van der Waals surface area contributed by atoms with Gasteiger partial charge in [0.2, 0.25) is 5.91 Å². The molecule has 2 N–H and O–H groups in total. The molecule has 0 radical (unpaired) electrons. The van der Waals surface area contributed by atoms with E-state index in [1.807, 2.05) is 85.8 Å². The van der Waals surface area contributed by atoms with Crippen LogP contribution in [0.2, 0.25) is 0 Å². The maximum atomic E-state index is 12.2. The SMILES string of the molecule is CC(NCC(=O)Nc1cccc(OCCOc2ccccc2)c1)c1ccccc1. The van der Waals surface area contributed by atoms with Crippen molar-refractivity contribution >= 4 is 11.6 Å². The summed E-state index contributed by atoms with van der Waals surface area (Å²) in [5.74, 6) is 1.40. The fourth-order valence-electron chi connectivity index (χ4n) is 2.81. The van der Waals surface area contributed by atoms with Crippen LogP contribution in [0.25, 0.3) is 0 Å². The van der Waals surface area contributed by atoms with Gasteiger partial charge in [0.25, 0.3) is 0 Å². The van der Waals surface area contributed by atoms with E-state index < -0.39 is 0 Å². The van der Waals surface area contributed by atoms with Crippen LogP contribution in [-0.2, 0) is 4.79 Å². The molecule has 0 saturated carbocycles. The molecular weight excluding hydrogens is 364 g/mol. The van der Waals surface area contributed by atoms with Crippen molar-refractivity contribution in [3.05, 3.63) is 90.5 Å². The highest BCUT2D eigenvalue weighted by Crippen LogP contribution is 2.18. The highest BCUT2D eigenvalue weighted by Gasteiger charge is 2.08. The summed E-state index contributed by atoms with van der Waals surface area (Å²) in [5.41, 5.74) is 1.85. The van der Waals surface area contributed by atoms with E-state index in [1.165, 1.54) is 0 Å². The first kappa shape index (κ1) is 20.4. The second-order valence-electron chi connectivity index (χ2n) is 6.60. The fourth-order valence-corrected chi connectivity index (χ4v) is 2.81. The zero-order valence-electron chi connectivity index (χ0n) is 16.5. The lowest BCUT2D eigenvalue weighted by Crippen LogP contribution is -2.30. The molecule has 0 aliphatic heterocycles. The maximum Gasteiger partial charge on any atom is 0.238 e. The third-order valence-electron chi connectivity index (χ3n) is 4.35. The Bertz CT molecular complexity index is 885. The summed E-state index contributed by atoms with van der Waals surface area (Å²) >= 11 is 0. The summed E-state index contributed by atoms with van der Waals surface area (Å²) in [4.78, 5) is 12.2. The molecule has 0 bridgehead atoms. The van der Waals surface area contributed by atoms with Gasteiger partial charge in [-0.1, -0.05) is 54.6 Å². The van der Waals surface area contributed by atoms with Gasteiger partial charge in [0.15, 0.2) is 0 Å². The average molecular weight is 390 g/mol. The number of hydrogen-bond acceptors (Lipinski definition) is 4. The minimum Gasteiger partial charge on any atom is -0.490 e. The number of amides is 1. The highest BCUT2D eigenvalue weighted by molar-refractivity contribution is 5.92. The Kier molecular flexibility index (Phi) is 7.66. The van der Waals surface area contributed by atoms with E-state index in [-0.39, 0.29) is 18.5 Å². The van der Waals surface area contributed by atoms with E-state index >= 15 is 0 Å². The number of rotatable bonds is 10. The Hall–Kier alpha value is -3.31. The third kappa shape index (κ3) is 6.97. The first-order valence-electron chi connectivity index (χ1n) is 9.69. The van der Waals surface area contributed by atoms with Crippen LogP contribution in [0.1, 0.15) is 18.5 Å². The monoisotopic (exact) mass is 390 g/mol. The molecule has 1 atom stereocenters. The van der Waals surface area contributed by atoms with Crippen LogP contribution in [0.5, 0.6) is 11.5 Å². The van der Waals surface area contributed by atoms with Gasteiger partial charge in [-0.25, -0.2) is 0 Å². The van der Waals surface area contributed by atoms with E-state index in [9.17, 15) is 4.79 Å². The van der Waals surface area contributed by atoms with Crippen molar-refractivity contribution in [3.63, 3.8) is 0 Å². The van der Waals surface area contributed by atoms with Crippen molar-refractivity contribution in [1.82, 2.24) is 5.32 Å². The molecule has 0 aromatic heterocycles. The molecule has 0 spiro atoms. The van der Waals surface area contributed by atoms with Gasteiger partial charge >= 0.3 is 0 Å². The van der Waals surface area contributed by atoms with Gasteiger partial charge in [0.1, 0.15) is 24.7 Å². The lowest BCUT2D eigenvalue weighted by atomic mass is 10.1. The summed E-state index contributed by atoms with van der Waals surface area (Å²) < 4.78 is 11.3. The minimum absolute atomic E-state index is 0.0984. The fraction of sp³-hybridized carbons (Fsp3) is 0.208. The summed E-state index contributed by atoms with van der Waals surface area (Å²) in [6, 6.07) is 27.1. The summed E-state index contributed by atoms with van der Waals surface area (Å²) in [5, 5.41) is 6.12. The van der Waals surface area contributed by atoms with Gasteiger partial charge in [-0.3, -0.25) is 4.79 Å². The quantitative estimate of drug-likeness (QED) is 0.503. The minimum atomic E-state index is -0.0997. The molecule has 5 heteroatoms. The third-order valence-corrected chi connectivity index (χ3v) is 4.35. The molecule has 0 heterocycles. The molecule has 3 rings (SSSR count). The average Bonchev–Trinajstić information content (AvgIpc) is 2.77. The van der Waals surface area contributed by atoms with Crippen molar-refractivity contribution in [1.29, 1.82) is 0 Å². The molecule has 1 amide bonds. The van der Waals surface area contributed by atoms with Crippen LogP contribution < -0.4 is 20.1 Å².